The van der Waals surface area contributed by atoms with Crippen LogP contribution in [0.4, 0.5) is 5.69 Å². The minimum absolute atomic E-state index is 1.26. The van der Waals surface area contributed by atoms with Crippen molar-refractivity contribution in [3.05, 3.63) is 29.8 Å². The third-order valence-electron chi connectivity index (χ3n) is 1.55. The molecular weight excluding hydrogens is 150 g/mol. The molecule has 1 rings (SSSR count). The lowest BCUT2D eigenvalue weighted by Crippen LogP contribution is -2.07. The van der Waals surface area contributed by atoms with Gasteiger partial charge in [-0.25, -0.2) is 0 Å². The van der Waals surface area contributed by atoms with Crippen molar-refractivity contribution < 1.29 is 4.79 Å². The van der Waals surface area contributed by atoms with Gasteiger partial charge >= 0.3 is 0 Å². The number of hydrogen-bond acceptors (Lipinski definition) is 2. The molecule has 66 valence electrons. The molecule has 0 bridgehead atoms. The number of aryl methyl sites for hydroxylation is 1. The van der Waals surface area contributed by atoms with Gasteiger partial charge in [0.15, 0.2) is 0 Å². The lowest BCUT2D eigenvalue weighted by molar-refractivity contribution is -0.0979. The van der Waals surface area contributed by atoms with Crippen molar-refractivity contribution >= 4 is 12.5 Å². The number of benzene rings is 1. The van der Waals surface area contributed by atoms with Crippen LogP contribution in [0.15, 0.2) is 24.3 Å². The smallest absolute Gasteiger partial charge is 0.106 e. The highest BCUT2D eigenvalue weighted by Gasteiger charge is 1.90. The highest BCUT2D eigenvalue weighted by Crippen LogP contribution is 2.10. The van der Waals surface area contributed by atoms with Crippen LogP contribution in [0.3, 0.4) is 0 Å². The maximum Gasteiger partial charge on any atom is 0.106 e. The molecule has 1 aromatic rings. The summed E-state index contributed by atoms with van der Waals surface area (Å²) < 4.78 is 0. The van der Waals surface area contributed by atoms with E-state index in [-0.39, 0.29) is 0 Å². The number of rotatable bonds is 1. The molecule has 0 aliphatic rings. The molecule has 0 aromatic heterocycles. The average molecular weight is 165 g/mol. The highest BCUT2D eigenvalue weighted by molar-refractivity contribution is 5.45. The molecule has 12 heavy (non-hydrogen) atoms. The average Bonchev–Trinajstić information content (AvgIpc) is 2.09. The maximum absolute atomic E-state index is 8.00. The van der Waals surface area contributed by atoms with Crippen LogP contribution in [0.1, 0.15) is 5.56 Å². The van der Waals surface area contributed by atoms with Gasteiger partial charge in [-0.2, -0.15) is 0 Å². The van der Waals surface area contributed by atoms with Gasteiger partial charge < -0.3 is 9.69 Å². The summed E-state index contributed by atoms with van der Waals surface area (Å²) in [5, 5.41) is 0. The van der Waals surface area contributed by atoms with Gasteiger partial charge in [-0.15, -0.1) is 0 Å². The van der Waals surface area contributed by atoms with Crippen molar-refractivity contribution in [2.75, 3.05) is 19.0 Å². The molecule has 0 heterocycles. The lowest BCUT2D eigenvalue weighted by atomic mass is 10.2. The molecule has 0 fully saturated rings. The third kappa shape index (κ3) is 3.19. The van der Waals surface area contributed by atoms with E-state index in [0.717, 1.165) is 0 Å². The zero-order chi connectivity index (χ0) is 9.56. The quantitative estimate of drug-likeness (QED) is 0.633. The molecule has 0 amide bonds. The number of nitrogens with zero attached hydrogens (tertiary/aromatic N) is 1. The Bertz CT molecular complexity index is 216. The summed E-state index contributed by atoms with van der Waals surface area (Å²) in [6, 6.07) is 8.48. The van der Waals surface area contributed by atoms with E-state index in [9.17, 15) is 0 Å². The van der Waals surface area contributed by atoms with E-state index >= 15 is 0 Å². The largest absolute Gasteiger partial charge is 0.378 e. The molecule has 0 spiro atoms. The zero-order valence-electron chi connectivity index (χ0n) is 7.87. The van der Waals surface area contributed by atoms with Crippen LogP contribution >= 0.6 is 0 Å². The van der Waals surface area contributed by atoms with Crippen molar-refractivity contribution in [1.29, 1.82) is 0 Å². The number of anilines is 1. The van der Waals surface area contributed by atoms with Crippen molar-refractivity contribution in [1.82, 2.24) is 0 Å². The van der Waals surface area contributed by atoms with Gasteiger partial charge in [0.05, 0.1) is 0 Å². The first-order chi connectivity index (χ1) is 5.70. The summed E-state index contributed by atoms with van der Waals surface area (Å²) in [5.74, 6) is 0. The van der Waals surface area contributed by atoms with Crippen LogP contribution < -0.4 is 4.90 Å². The van der Waals surface area contributed by atoms with Crippen LogP contribution in [-0.2, 0) is 4.79 Å². The van der Waals surface area contributed by atoms with Crippen LogP contribution in [0.2, 0.25) is 0 Å². The van der Waals surface area contributed by atoms with E-state index in [2.05, 4.69) is 36.1 Å². The zero-order valence-corrected chi connectivity index (χ0v) is 7.87. The van der Waals surface area contributed by atoms with Gasteiger partial charge in [0.1, 0.15) is 6.79 Å². The van der Waals surface area contributed by atoms with E-state index < -0.39 is 0 Å². The second-order valence-corrected chi connectivity index (χ2v) is 2.73. The minimum atomic E-state index is 1.26. The van der Waals surface area contributed by atoms with E-state index in [0.29, 0.717) is 0 Å². The minimum Gasteiger partial charge on any atom is -0.378 e. The van der Waals surface area contributed by atoms with E-state index in [4.69, 9.17) is 4.79 Å². The summed E-state index contributed by atoms with van der Waals surface area (Å²) >= 11 is 0. The Kier molecular flexibility index (Phi) is 4.77. The molecule has 2 nitrogen and oxygen atoms in total. The molecule has 0 saturated carbocycles. The van der Waals surface area contributed by atoms with Gasteiger partial charge in [-0.3, -0.25) is 0 Å². The molecule has 0 aliphatic carbocycles. The Morgan fingerprint density at radius 1 is 1.08 bits per heavy atom. The van der Waals surface area contributed by atoms with Gasteiger partial charge in [-0.05, 0) is 19.1 Å². The normalized spacial score (nSPS) is 8.25. The molecule has 0 unspecified atom stereocenters. The van der Waals surface area contributed by atoms with Gasteiger partial charge in [0.2, 0.25) is 0 Å². The summed E-state index contributed by atoms with van der Waals surface area (Å²) in [7, 11) is 4.09. The molecule has 0 N–H and O–H groups in total. The first-order valence-electron chi connectivity index (χ1n) is 3.73. The van der Waals surface area contributed by atoms with Crippen LogP contribution in [-0.4, -0.2) is 20.9 Å². The third-order valence-corrected chi connectivity index (χ3v) is 1.55. The second-order valence-electron chi connectivity index (χ2n) is 2.73. The second kappa shape index (κ2) is 5.35. The molecular formula is C10H15NO. The lowest BCUT2D eigenvalue weighted by Gasteiger charge is -2.11. The van der Waals surface area contributed by atoms with Crippen molar-refractivity contribution in [2.24, 2.45) is 0 Å². The molecule has 1 aromatic carbocycles. The van der Waals surface area contributed by atoms with E-state index in [1.807, 2.05) is 20.9 Å². The number of carbonyl (C=O) groups excluding carboxylic acids is 1. The first-order valence-corrected chi connectivity index (χ1v) is 3.73. The Hall–Kier alpha value is -1.31. The number of carbonyl (C=O) groups is 1. The Labute approximate surface area is 73.8 Å². The highest BCUT2D eigenvalue weighted by atomic mass is 16.1. The SMILES string of the molecule is C=O.Cc1ccc(N(C)C)cc1. The molecule has 0 radical (unpaired) electrons. The van der Waals surface area contributed by atoms with Crippen LogP contribution in [0, 0.1) is 6.92 Å². The standard InChI is InChI=1S/C9H13N.CH2O/c1-8-4-6-9(7-5-8)10(2)3;1-2/h4-7H,1-3H3;1H2. The van der Waals surface area contributed by atoms with Crippen molar-refractivity contribution in [3.63, 3.8) is 0 Å². The number of hydrogen-bond donors (Lipinski definition) is 0. The van der Waals surface area contributed by atoms with Crippen molar-refractivity contribution in [3.8, 4) is 0 Å². The topological polar surface area (TPSA) is 20.3 Å². The molecule has 2 heteroatoms. The fourth-order valence-electron chi connectivity index (χ4n) is 0.843. The van der Waals surface area contributed by atoms with Crippen LogP contribution in [0.25, 0.3) is 0 Å². The Balaban J connectivity index is 0.000000561. The summed E-state index contributed by atoms with van der Waals surface area (Å²) in [6.45, 7) is 4.10. The predicted molar refractivity (Wildman–Crippen MR) is 52.6 cm³/mol. The summed E-state index contributed by atoms with van der Waals surface area (Å²) in [5.41, 5.74) is 2.57. The van der Waals surface area contributed by atoms with Gasteiger partial charge in [0.25, 0.3) is 0 Å². The molecule has 0 atom stereocenters. The Morgan fingerprint density at radius 3 is 1.83 bits per heavy atom. The fourth-order valence-corrected chi connectivity index (χ4v) is 0.843. The van der Waals surface area contributed by atoms with Crippen LogP contribution in [0.5, 0.6) is 0 Å². The van der Waals surface area contributed by atoms with E-state index in [1.165, 1.54) is 11.3 Å². The monoisotopic (exact) mass is 165 g/mol. The Morgan fingerprint density at radius 2 is 1.50 bits per heavy atom. The summed E-state index contributed by atoms with van der Waals surface area (Å²) in [6.07, 6.45) is 0. The van der Waals surface area contributed by atoms with Gasteiger partial charge in [0, 0.05) is 19.8 Å². The van der Waals surface area contributed by atoms with E-state index in [1.54, 1.807) is 0 Å². The maximum atomic E-state index is 8.00. The van der Waals surface area contributed by atoms with Crippen molar-refractivity contribution in [2.45, 2.75) is 6.92 Å². The fraction of sp³-hybridized carbons (Fsp3) is 0.300. The molecule has 0 aliphatic heterocycles. The predicted octanol–water partition coefficient (Wildman–Crippen LogP) is 1.88. The van der Waals surface area contributed by atoms with Gasteiger partial charge in [-0.1, -0.05) is 17.7 Å². The molecule has 0 saturated heterocycles. The summed E-state index contributed by atoms with van der Waals surface area (Å²) in [4.78, 5) is 10.1. The first kappa shape index (κ1) is 10.7.